The zero-order valence-corrected chi connectivity index (χ0v) is 10.7. The first-order valence-electron chi connectivity index (χ1n) is 5.53. The van der Waals surface area contributed by atoms with Gasteiger partial charge < -0.3 is 0 Å². The molecule has 0 aromatic carbocycles. The Morgan fingerprint density at radius 1 is 1.53 bits per heavy atom. The quantitative estimate of drug-likeness (QED) is 0.831. The Hall–Kier alpha value is -1.74. The maximum Gasteiger partial charge on any atom is 0.212 e. The van der Waals surface area contributed by atoms with Crippen LogP contribution in [0.4, 0.5) is 0 Å². The molecule has 0 saturated carbocycles. The zero-order chi connectivity index (χ0) is 12.3. The standard InChI is InChI=1S/C11H13N5S/c1-3-4-5-10-9(6-12)14-15-16(10)11-13-8(2)7-17-11/h7H,3-5H2,1-2H3. The topological polar surface area (TPSA) is 67.4 Å². The summed E-state index contributed by atoms with van der Waals surface area (Å²) < 4.78 is 1.69. The molecule has 88 valence electrons. The molecule has 2 rings (SSSR count). The highest BCUT2D eigenvalue weighted by atomic mass is 32.1. The van der Waals surface area contributed by atoms with E-state index >= 15 is 0 Å². The van der Waals surface area contributed by atoms with E-state index in [2.05, 4.69) is 28.3 Å². The number of rotatable bonds is 4. The molecule has 0 radical (unpaired) electrons. The van der Waals surface area contributed by atoms with Crippen molar-refractivity contribution in [2.45, 2.75) is 33.1 Å². The summed E-state index contributed by atoms with van der Waals surface area (Å²) in [5, 5.41) is 19.7. The molecular weight excluding hydrogens is 234 g/mol. The maximum atomic E-state index is 9.00. The Labute approximate surface area is 104 Å². The van der Waals surface area contributed by atoms with Gasteiger partial charge in [0.25, 0.3) is 0 Å². The fraction of sp³-hybridized carbons (Fsp3) is 0.455. The molecular formula is C11H13N5S. The minimum absolute atomic E-state index is 0.409. The monoisotopic (exact) mass is 247 g/mol. The molecule has 0 bridgehead atoms. The Morgan fingerprint density at radius 3 is 2.94 bits per heavy atom. The highest BCUT2D eigenvalue weighted by molar-refractivity contribution is 7.12. The van der Waals surface area contributed by atoms with Crippen LogP contribution in [0.25, 0.3) is 5.13 Å². The largest absolute Gasteiger partial charge is 0.224 e. The molecule has 0 spiro atoms. The molecule has 0 amide bonds. The predicted molar refractivity (Wildman–Crippen MR) is 65.1 cm³/mol. The number of aryl methyl sites for hydroxylation is 1. The van der Waals surface area contributed by atoms with Gasteiger partial charge in [-0.3, -0.25) is 0 Å². The van der Waals surface area contributed by atoms with Crippen molar-refractivity contribution < 1.29 is 0 Å². The van der Waals surface area contributed by atoms with Gasteiger partial charge in [0.05, 0.1) is 11.4 Å². The third-order valence-electron chi connectivity index (χ3n) is 2.42. The Balaban J connectivity index is 2.40. The molecule has 5 nitrogen and oxygen atoms in total. The normalized spacial score (nSPS) is 10.4. The summed E-state index contributed by atoms with van der Waals surface area (Å²) in [4.78, 5) is 4.37. The summed E-state index contributed by atoms with van der Waals surface area (Å²) in [5.41, 5.74) is 2.23. The van der Waals surface area contributed by atoms with Crippen molar-refractivity contribution in [3.05, 3.63) is 22.5 Å². The second-order valence-electron chi connectivity index (χ2n) is 3.78. The van der Waals surface area contributed by atoms with E-state index in [-0.39, 0.29) is 0 Å². The van der Waals surface area contributed by atoms with Crippen LogP contribution in [-0.2, 0) is 6.42 Å². The Bertz CT molecular complexity index is 548. The van der Waals surface area contributed by atoms with Crippen LogP contribution in [0.2, 0.25) is 0 Å². The number of thiazole rings is 1. The van der Waals surface area contributed by atoms with Crippen LogP contribution in [0.1, 0.15) is 36.8 Å². The minimum Gasteiger partial charge on any atom is -0.224 e. The molecule has 0 aliphatic carbocycles. The first-order chi connectivity index (χ1) is 8.26. The van der Waals surface area contributed by atoms with Gasteiger partial charge in [-0.15, -0.1) is 16.4 Å². The number of unbranched alkanes of at least 4 members (excludes halogenated alkanes) is 1. The van der Waals surface area contributed by atoms with Gasteiger partial charge in [-0.2, -0.15) is 9.94 Å². The van der Waals surface area contributed by atoms with Crippen LogP contribution in [0.15, 0.2) is 5.38 Å². The van der Waals surface area contributed by atoms with Crippen LogP contribution in [-0.4, -0.2) is 20.0 Å². The minimum atomic E-state index is 0.409. The molecule has 0 aliphatic heterocycles. The van der Waals surface area contributed by atoms with Gasteiger partial charge in [-0.1, -0.05) is 18.6 Å². The SMILES string of the molecule is CCCCc1c(C#N)nnn1-c1nc(C)cs1. The molecule has 0 unspecified atom stereocenters. The van der Waals surface area contributed by atoms with Crippen LogP contribution >= 0.6 is 11.3 Å². The number of hydrogen-bond donors (Lipinski definition) is 0. The molecule has 0 N–H and O–H groups in total. The van der Waals surface area contributed by atoms with Gasteiger partial charge in [-0.05, 0) is 19.8 Å². The van der Waals surface area contributed by atoms with E-state index in [0.29, 0.717) is 5.69 Å². The van der Waals surface area contributed by atoms with E-state index in [1.807, 2.05) is 12.3 Å². The van der Waals surface area contributed by atoms with E-state index in [9.17, 15) is 0 Å². The van der Waals surface area contributed by atoms with Crippen molar-refractivity contribution in [2.24, 2.45) is 0 Å². The van der Waals surface area contributed by atoms with Crippen molar-refractivity contribution in [1.29, 1.82) is 5.26 Å². The van der Waals surface area contributed by atoms with E-state index in [0.717, 1.165) is 35.8 Å². The third-order valence-corrected chi connectivity index (χ3v) is 3.36. The van der Waals surface area contributed by atoms with Crippen molar-refractivity contribution in [3.8, 4) is 11.2 Å². The molecule has 0 aliphatic rings. The number of aromatic nitrogens is 4. The average Bonchev–Trinajstić information content (AvgIpc) is 2.91. The van der Waals surface area contributed by atoms with E-state index in [4.69, 9.17) is 5.26 Å². The second-order valence-corrected chi connectivity index (χ2v) is 4.62. The number of hydrogen-bond acceptors (Lipinski definition) is 5. The predicted octanol–water partition coefficient (Wildman–Crippen LogP) is 2.25. The maximum absolute atomic E-state index is 9.00. The molecule has 0 fully saturated rings. The number of nitrogens with zero attached hydrogens (tertiary/aromatic N) is 5. The van der Waals surface area contributed by atoms with Gasteiger partial charge in [0.15, 0.2) is 5.69 Å². The van der Waals surface area contributed by atoms with Crippen LogP contribution < -0.4 is 0 Å². The van der Waals surface area contributed by atoms with Crippen LogP contribution in [0, 0.1) is 18.3 Å². The van der Waals surface area contributed by atoms with Crippen LogP contribution in [0.3, 0.4) is 0 Å². The van der Waals surface area contributed by atoms with E-state index < -0.39 is 0 Å². The summed E-state index contributed by atoms with van der Waals surface area (Å²) >= 11 is 1.51. The molecule has 2 aromatic heterocycles. The summed E-state index contributed by atoms with van der Waals surface area (Å²) in [6, 6.07) is 2.08. The lowest BCUT2D eigenvalue weighted by molar-refractivity contribution is 0.711. The highest BCUT2D eigenvalue weighted by Crippen LogP contribution is 2.18. The lowest BCUT2D eigenvalue weighted by atomic mass is 10.2. The highest BCUT2D eigenvalue weighted by Gasteiger charge is 2.15. The second kappa shape index (κ2) is 5.06. The Morgan fingerprint density at radius 2 is 2.35 bits per heavy atom. The lowest BCUT2D eigenvalue weighted by Gasteiger charge is -2.01. The smallest absolute Gasteiger partial charge is 0.212 e. The molecule has 6 heteroatoms. The van der Waals surface area contributed by atoms with Gasteiger partial charge in [-0.25, -0.2) is 4.98 Å². The summed E-state index contributed by atoms with van der Waals surface area (Å²) in [6.45, 7) is 4.06. The van der Waals surface area contributed by atoms with Crippen molar-refractivity contribution in [2.75, 3.05) is 0 Å². The van der Waals surface area contributed by atoms with Gasteiger partial charge in [0, 0.05) is 5.38 Å². The van der Waals surface area contributed by atoms with Gasteiger partial charge in [0.2, 0.25) is 5.13 Å². The Kier molecular flexibility index (Phi) is 3.49. The van der Waals surface area contributed by atoms with Gasteiger partial charge >= 0.3 is 0 Å². The first-order valence-corrected chi connectivity index (χ1v) is 6.41. The van der Waals surface area contributed by atoms with Crippen molar-refractivity contribution >= 4 is 11.3 Å². The third kappa shape index (κ3) is 2.34. The first kappa shape index (κ1) is 11.7. The number of nitriles is 1. The molecule has 2 aromatic rings. The average molecular weight is 247 g/mol. The molecule has 2 heterocycles. The molecule has 0 saturated heterocycles. The summed E-state index contributed by atoms with van der Waals surface area (Å²) in [7, 11) is 0. The van der Waals surface area contributed by atoms with Gasteiger partial charge in [0.1, 0.15) is 6.07 Å². The van der Waals surface area contributed by atoms with E-state index in [1.54, 1.807) is 4.68 Å². The fourth-order valence-corrected chi connectivity index (χ4v) is 2.32. The summed E-state index contributed by atoms with van der Waals surface area (Å²) in [5.74, 6) is 0. The fourth-order valence-electron chi connectivity index (χ4n) is 1.55. The molecule has 0 atom stereocenters. The lowest BCUT2D eigenvalue weighted by Crippen LogP contribution is -2.03. The van der Waals surface area contributed by atoms with Crippen molar-refractivity contribution in [3.63, 3.8) is 0 Å². The van der Waals surface area contributed by atoms with Crippen molar-refractivity contribution in [1.82, 2.24) is 20.0 Å². The van der Waals surface area contributed by atoms with Crippen LogP contribution in [0.5, 0.6) is 0 Å². The zero-order valence-electron chi connectivity index (χ0n) is 9.84. The van der Waals surface area contributed by atoms with E-state index in [1.165, 1.54) is 11.3 Å². The summed E-state index contributed by atoms with van der Waals surface area (Å²) in [6.07, 6.45) is 2.91. The molecule has 17 heavy (non-hydrogen) atoms.